The molecule has 0 aliphatic carbocycles. The van der Waals surface area contributed by atoms with Crippen molar-refractivity contribution in [1.29, 1.82) is 0 Å². The lowest BCUT2D eigenvalue weighted by Gasteiger charge is -2.19. The van der Waals surface area contributed by atoms with E-state index in [2.05, 4.69) is 15.3 Å². The number of carbonyl (C=O) groups excluding carboxylic acids is 1. The van der Waals surface area contributed by atoms with Crippen molar-refractivity contribution in [3.05, 3.63) is 34.2 Å². The molecule has 1 heterocycles. The fraction of sp³-hybridized carbons (Fsp3) is 0.300. The van der Waals surface area contributed by atoms with Crippen molar-refractivity contribution in [2.45, 2.75) is 6.10 Å². The van der Waals surface area contributed by atoms with Crippen LogP contribution in [0.2, 0.25) is 0 Å². The molecule has 1 aliphatic heterocycles. The largest absolute Gasteiger partial charge is 0.482 e. The first-order valence-corrected chi connectivity index (χ1v) is 4.96. The van der Waals surface area contributed by atoms with Crippen LogP contribution in [-0.2, 0) is 4.79 Å². The van der Waals surface area contributed by atoms with Crippen molar-refractivity contribution < 1.29 is 14.6 Å². The highest BCUT2D eigenvalue weighted by atomic mass is 16.5. The number of ether oxygens (including phenoxy) is 1. The van der Waals surface area contributed by atoms with Crippen LogP contribution in [-0.4, -0.2) is 24.2 Å². The van der Waals surface area contributed by atoms with Crippen molar-refractivity contribution in [1.82, 2.24) is 0 Å². The van der Waals surface area contributed by atoms with E-state index in [1.807, 2.05) is 0 Å². The third kappa shape index (κ3) is 2.47. The summed E-state index contributed by atoms with van der Waals surface area (Å²) in [5.41, 5.74) is 9.23. The minimum Gasteiger partial charge on any atom is -0.482 e. The summed E-state index contributed by atoms with van der Waals surface area (Å²) in [4.78, 5) is 13.7. The number of hydrogen-bond donors (Lipinski definition) is 2. The summed E-state index contributed by atoms with van der Waals surface area (Å²) in [5.74, 6) is 0.323. The summed E-state index contributed by atoms with van der Waals surface area (Å²) >= 11 is 0. The Bertz CT molecular complexity index is 496. The molecule has 0 saturated carbocycles. The van der Waals surface area contributed by atoms with Gasteiger partial charge in [-0.1, -0.05) is 11.2 Å². The van der Waals surface area contributed by atoms with E-state index in [1.165, 1.54) is 0 Å². The summed E-state index contributed by atoms with van der Waals surface area (Å²) in [6.45, 7) is -0.0578. The number of azide groups is 1. The van der Waals surface area contributed by atoms with Crippen LogP contribution in [0.15, 0.2) is 23.3 Å². The van der Waals surface area contributed by atoms with E-state index in [0.29, 0.717) is 17.0 Å². The highest BCUT2D eigenvalue weighted by Gasteiger charge is 2.17. The first kappa shape index (κ1) is 11.3. The fourth-order valence-electron chi connectivity index (χ4n) is 1.53. The van der Waals surface area contributed by atoms with Crippen molar-refractivity contribution in [2.24, 2.45) is 5.11 Å². The molecule has 17 heavy (non-hydrogen) atoms. The number of fused-ring (bicyclic) bond motifs is 1. The third-order valence-electron chi connectivity index (χ3n) is 2.34. The number of aliphatic hydroxyl groups excluding tert-OH is 1. The van der Waals surface area contributed by atoms with Crippen LogP contribution < -0.4 is 10.1 Å². The van der Waals surface area contributed by atoms with Gasteiger partial charge in [-0.25, -0.2) is 0 Å². The molecule has 1 aliphatic rings. The predicted octanol–water partition coefficient (Wildman–Crippen LogP) is 1.36. The summed E-state index contributed by atoms with van der Waals surface area (Å²) in [6, 6.07) is 4.92. The minimum atomic E-state index is -0.893. The maximum Gasteiger partial charge on any atom is 0.262 e. The van der Waals surface area contributed by atoms with E-state index in [9.17, 15) is 9.90 Å². The average Bonchev–Trinajstić information content (AvgIpc) is 2.35. The number of amides is 1. The molecule has 0 spiro atoms. The molecule has 1 atom stereocenters. The second-order valence-corrected chi connectivity index (χ2v) is 3.52. The number of nitrogens with zero attached hydrogens (tertiary/aromatic N) is 3. The van der Waals surface area contributed by atoms with Gasteiger partial charge in [0.25, 0.3) is 5.91 Å². The van der Waals surface area contributed by atoms with Gasteiger partial charge in [0.15, 0.2) is 6.61 Å². The van der Waals surface area contributed by atoms with Crippen LogP contribution in [0, 0.1) is 0 Å². The van der Waals surface area contributed by atoms with Crippen molar-refractivity contribution in [3.63, 3.8) is 0 Å². The highest BCUT2D eigenvalue weighted by Crippen LogP contribution is 2.30. The molecule has 7 nitrogen and oxygen atoms in total. The Balaban J connectivity index is 2.23. The molecule has 0 saturated heterocycles. The first-order chi connectivity index (χ1) is 8.20. The summed E-state index contributed by atoms with van der Waals surface area (Å²) in [7, 11) is 0. The molecule has 0 bridgehead atoms. The summed E-state index contributed by atoms with van der Waals surface area (Å²) < 4.78 is 5.18. The number of benzene rings is 1. The third-order valence-corrected chi connectivity index (χ3v) is 2.34. The van der Waals surface area contributed by atoms with Gasteiger partial charge >= 0.3 is 0 Å². The molecular weight excluding hydrogens is 224 g/mol. The van der Waals surface area contributed by atoms with Crippen molar-refractivity contribution >= 4 is 11.6 Å². The zero-order valence-electron chi connectivity index (χ0n) is 8.83. The zero-order valence-corrected chi connectivity index (χ0v) is 8.83. The topological polar surface area (TPSA) is 107 Å². The standard InChI is InChI=1S/C10H10N4O3/c11-14-12-4-8(15)6-1-2-9-7(3-6)13-10(16)5-17-9/h1-3,8,15H,4-5H2,(H,13,16). The van der Waals surface area contributed by atoms with Crippen LogP contribution in [0.25, 0.3) is 10.4 Å². The Hall–Kier alpha value is -2.24. The lowest BCUT2D eigenvalue weighted by atomic mass is 10.1. The SMILES string of the molecule is [N-]=[N+]=NCC(O)c1ccc2c(c1)NC(=O)CO2. The molecular formula is C10H10N4O3. The van der Waals surface area contributed by atoms with Crippen LogP contribution in [0.3, 0.4) is 0 Å². The molecule has 0 radical (unpaired) electrons. The number of hydrogen-bond acceptors (Lipinski definition) is 4. The van der Waals surface area contributed by atoms with Gasteiger partial charge in [-0.3, -0.25) is 4.79 Å². The second-order valence-electron chi connectivity index (χ2n) is 3.52. The van der Waals surface area contributed by atoms with Crippen LogP contribution in [0.1, 0.15) is 11.7 Å². The minimum absolute atomic E-state index is 0.00632. The Morgan fingerprint density at radius 1 is 1.65 bits per heavy atom. The molecule has 0 aromatic heterocycles. The van der Waals surface area contributed by atoms with E-state index < -0.39 is 6.10 Å². The molecule has 0 fully saturated rings. The molecule has 2 rings (SSSR count). The molecule has 1 amide bonds. The van der Waals surface area contributed by atoms with E-state index in [4.69, 9.17) is 10.3 Å². The van der Waals surface area contributed by atoms with Crippen molar-refractivity contribution in [3.8, 4) is 5.75 Å². The lowest BCUT2D eigenvalue weighted by Crippen LogP contribution is -2.25. The quantitative estimate of drug-likeness (QED) is 0.468. The number of nitrogens with one attached hydrogen (secondary N) is 1. The lowest BCUT2D eigenvalue weighted by molar-refractivity contribution is -0.118. The van der Waals surface area contributed by atoms with Gasteiger partial charge in [0.05, 0.1) is 18.3 Å². The van der Waals surface area contributed by atoms with Crippen LogP contribution >= 0.6 is 0 Å². The first-order valence-electron chi connectivity index (χ1n) is 4.96. The fourth-order valence-corrected chi connectivity index (χ4v) is 1.53. The maximum atomic E-state index is 11.1. The maximum absolute atomic E-state index is 11.1. The van der Waals surface area contributed by atoms with Gasteiger partial charge in [0, 0.05) is 4.91 Å². The predicted molar refractivity (Wildman–Crippen MR) is 59.5 cm³/mol. The molecule has 7 heteroatoms. The van der Waals surface area contributed by atoms with Crippen molar-refractivity contribution in [2.75, 3.05) is 18.5 Å². The van der Waals surface area contributed by atoms with E-state index in [1.54, 1.807) is 18.2 Å². The highest BCUT2D eigenvalue weighted by molar-refractivity contribution is 5.95. The van der Waals surface area contributed by atoms with Gasteiger partial charge < -0.3 is 15.2 Å². The molecule has 1 aromatic rings. The number of anilines is 1. The Labute approximate surface area is 96.6 Å². The Morgan fingerprint density at radius 2 is 2.47 bits per heavy atom. The molecule has 2 N–H and O–H groups in total. The zero-order chi connectivity index (χ0) is 12.3. The average molecular weight is 234 g/mol. The van der Waals surface area contributed by atoms with Crippen LogP contribution in [0.5, 0.6) is 5.75 Å². The monoisotopic (exact) mass is 234 g/mol. The molecule has 1 aromatic carbocycles. The van der Waals surface area contributed by atoms with Crippen LogP contribution in [0.4, 0.5) is 5.69 Å². The van der Waals surface area contributed by atoms with E-state index in [-0.39, 0.29) is 19.1 Å². The molecule has 88 valence electrons. The van der Waals surface area contributed by atoms with E-state index in [0.717, 1.165) is 0 Å². The van der Waals surface area contributed by atoms with E-state index >= 15 is 0 Å². The smallest absolute Gasteiger partial charge is 0.262 e. The summed E-state index contributed by atoms with van der Waals surface area (Å²) in [5, 5.41) is 15.6. The normalized spacial score (nSPS) is 15.0. The number of rotatable bonds is 3. The second kappa shape index (κ2) is 4.73. The molecule has 1 unspecified atom stereocenters. The van der Waals surface area contributed by atoms with Gasteiger partial charge in [-0.2, -0.15) is 0 Å². The van der Waals surface area contributed by atoms with Gasteiger partial charge in [-0.05, 0) is 23.2 Å². The summed E-state index contributed by atoms with van der Waals surface area (Å²) in [6.07, 6.45) is -0.893. The Kier molecular flexibility index (Phi) is 3.13. The van der Waals surface area contributed by atoms with Gasteiger partial charge in [0.1, 0.15) is 5.75 Å². The van der Waals surface area contributed by atoms with Gasteiger partial charge in [-0.15, -0.1) is 0 Å². The number of aliphatic hydroxyl groups is 1. The Morgan fingerprint density at radius 3 is 3.24 bits per heavy atom. The van der Waals surface area contributed by atoms with Gasteiger partial charge in [0.2, 0.25) is 0 Å². The number of carbonyl (C=O) groups is 1.